The van der Waals surface area contributed by atoms with Crippen molar-refractivity contribution < 1.29 is 8.83 Å². The maximum atomic E-state index is 6.97. The molecular formula is C45H25N3O2. The monoisotopic (exact) mass is 639 g/mol. The van der Waals surface area contributed by atoms with Crippen molar-refractivity contribution in [2.75, 3.05) is 0 Å². The zero-order chi connectivity index (χ0) is 32.8. The molecule has 50 heavy (non-hydrogen) atoms. The highest BCUT2D eigenvalue weighted by atomic mass is 16.3. The van der Waals surface area contributed by atoms with Crippen LogP contribution in [0.1, 0.15) is 0 Å². The minimum atomic E-state index is 0.571. The molecule has 11 rings (SSSR count). The van der Waals surface area contributed by atoms with E-state index in [1.165, 1.54) is 0 Å². The number of para-hydroxylation sites is 1. The van der Waals surface area contributed by atoms with E-state index < -0.39 is 0 Å². The Labute approximate surface area is 285 Å². The number of aromatic nitrogens is 3. The third kappa shape index (κ3) is 3.98. The van der Waals surface area contributed by atoms with Crippen LogP contribution in [0, 0.1) is 0 Å². The van der Waals surface area contributed by atoms with Crippen molar-refractivity contribution in [2.45, 2.75) is 0 Å². The maximum Gasteiger partial charge on any atom is 0.164 e. The number of furan rings is 2. The SMILES string of the molecule is c1ccc(-c2nc(-c3ccc4c(c3)oc3ccccc34)nc(-c3cc4ccc5ccccc5c4c4oc5c6ccccc6ccc5c34)n2)cc1. The van der Waals surface area contributed by atoms with Crippen molar-refractivity contribution in [1.82, 2.24) is 15.0 Å². The molecule has 0 unspecified atom stereocenters. The van der Waals surface area contributed by atoms with E-state index in [4.69, 9.17) is 23.8 Å². The molecule has 0 radical (unpaired) electrons. The van der Waals surface area contributed by atoms with Gasteiger partial charge in [-0.3, -0.25) is 0 Å². The number of nitrogens with zero attached hydrogens (tertiary/aromatic N) is 3. The molecule has 0 aliphatic rings. The molecule has 0 fully saturated rings. The van der Waals surface area contributed by atoms with E-state index in [0.717, 1.165) is 92.9 Å². The van der Waals surface area contributed by atoms with Crippen LogP contribution in [0.2, 0.25) is 0 Å². The Hall–Kier alpha value is -6.85. The number of hydrogen-bond acceptors (Lipinski definition) is 5. The molecule has 0 amide bonds. The van der Waals surface area contributed by atoms with Crippen molar-refractivity contribution in [3.8, 4) is 34.2 Å². The fourth-order valence-electron chi connectivity index (χ4n) is 7.54. The van der Waals surface area contributed by atoms with Crippen LogP contribution in [0.25, 0.3) is 110 Å². The molecule has 3 aromatic heterocycles. The standard InChI is InChI=1S/C45H25N3O2/c1-2-12-28(13-3-1)43-46-44(30-21-22-34-33-16-8-9-17-37(33)49-38(34)25-30)48-45(47-43)36-24-29-19-18-26-10-4-6-14-31(26)39(29)42-40(36)35-23-20-27-11-5-7-15-32(27)41(35)50-42/h1-25H. The number of fused-ring (bicyclic) bond motifs is 12. The van der Waals surface area contributed by atoms with Crippen LogP contribution < -0.4 is 0 Å². The summed E-state index contributed by atoms with van der Waals surface area (Å²) >= 11 is 0. The predicted octanol–water partition coefficient (Wildman–Crippen LogP) is 12.1. The molecule has 11 aromatic rings. The molecule has 0 spiro atoms. The van der Waals surface area contributed by atoms with Crippen LogP contribution in [0.3, 0.4) is 0 Å². The van der Waals surface area contributed by atoms with Crippen LogP contribution in [-0.2, 0) is 0 Å². The summed E-state index contributed by atoms with van der Waals surface area (Å²) in [5.41, 5.74) is 5.98. The molecule has 3 heterocycles. The van der Waals surface area contributed by atoms with Gasteiger partial charge in [-0.15, -0.1) is 0 Å². The largest absolute Gasteiger partial charge is 0.456 e. The Kier molecular flexibility index (Phi) is 5.60. The van der Waals surface area contributed by atoms with Gasteiger partial charge in [-0.2, -0.15) is 0 Å². The Morgan fingerprint density at radius 1 is 0.340 bits per heavy atom. The summed E-state index contributed by atoms with van der Waals surface area (Å²) in [6.45, 7) is 0. The van der Waals surface area contributed by atoms with Crippen LogP contribution >= 0.6 is 0 Å². The van der Waals surface area contributed by atoms with Gasteiger partial charge < -0.3 is 8.83 Å². The summed E-state index contributed by atoms with van der Waals surface area (Å²) in [6, 6.07) is 52.1. The minimum Gasteiger partial charge on any atom is -0.456 e. The molecule has 8 aromatic carbocycles. The quantitative estimate of drug-likeness (QED) is 0.180. The summed E-state index contributed by atoms with van der Waals surface area (Å²) in [5.74, 6) is 1.75. The van der Waals surface area contributed by atoms with E-state index in [0.29, 0.717) is 17.5 Å². The van der Waals surface area contributed by atoms with Gasteiger partial charge in [-0.05, 0) is 51.9 Å². The lowest BCUT2D eigenvalue weighted by molar-refractivity contribution is 0.669. The molecule has 0 saturated carbocycles. The van der Waals surface area contributed by atoms with Gasteiger partial charge in [0.1, 0.15) is 22.3 Å². The van der Waals surface area contributed by atoms with Crippen molar-refractivity contribution in [1.29, 1.82) is 0 Å². The van der Waals surface area contributed by atoms with Crippen molar-refractivity contribution in [3.05, 3.63) is 152 Å². The summed E-state index contributed by atoms with van der Waals surface area (Å²) in [7, 11) is 0. The van der Waals surface area contributed by atoms with Crippen molar-refractivity contribution in [2.24, 2.45) is 0 Å². The lowest BCUT2D eigenvalue weighted by atomic mass is 9.95. The molecule has 0 N–H and O–H groups in total. The molecule has 0 aliphatic heterocycles. The first-order chi connectivity index (χ1) is 24.8. The topological polar surface area (TPSA) is 65.0 Å². The first kappa shape index (κ1) is 27.1. The van der Waals surface area contributed by atoms with Crippen LogP contribution in [0.15, 0.2) is 160 Å². The van der Waals surface area contributed by atoms with Crippen molar-refractivity contribution in [3.63, 3.8) is 0 Å². The summed E-state index contributed by atoms with van der Waals surface area (Å²) in [5, 5.41) is 10.8. The smallest absolute Gasteiger partial charge is 0.164 e. The maximum absolute atomic E-state index is 6.97. The highest BCUT2D eigenvalue weighted by molar-refractivity contribution is 6.28. The fourth-order valence-corrected chi connectivity index (χ4v) is 7.54. The van der Waals surface area contributed by atoms with E-state index in [1.54, 1.807) is 0 Å². The van der Waals surface area contributed by atoms with E-state index in [9.17, 15) is 0 Å². The Bertz CT molecular complexity index is 3160. The first-order valence-electron chi connectivity index (χ1n) is 16.7. The second kappa shape index (κ2) is 10.3. The predicted molar refractivity (Wildman–Crippen MR) is 203 cm³/mol. The molecule has 0 aliphatic carbocycles. The second-order valence-electron chi connectivity index (χ2n) is 12.8. The normalized spacial score (nSPS) is 12.0. The van der Waals surface area contributed by atoms with Gasteiger partial charge in [-0.1, -0.05) is 121 Å². The summed E-state index contributed by atoms with van der Waals surface area (Å²) < 4.78 is 13.2. The van der Waals surface area contributed by atoms with E-state index in [1.807, 2.05) is 54.6 Å². The Morgan fingerprint density at radius 3 is 1.82 bits per heavy atom. The molecular weight excluding hydrogens is 615 g/mol. The van der Waals surface area contributed by atoms with Crippen LogP contribution in [0.5, 0.6) is 0 Å². The van der Waals surface area contributed by atoms with Gasteiger partial charge in [0.25, 0.3) is 0 Å². The molecule has 0 bridgehead atoms. The Balaban J connectivity index is 1.25. The van der Waals surface area contributed by atoms with Gasteiger partial charge >= 0.3 is 0 Å². The third-order valence-corrected chi connectivity index (χ3v) is 9.88. The number of rotatable bonds is 3. The van der Waals surface area contributed by atoms with Crippen LogP contribution in [-0.4, -0.2) is 15.0 Å². The summed E-state index contributed by atoms with van der Waals surface area (Å²) in [4.78, 5) is 15.4. The zero-order valence-electron chi connectivity index (χ0n) is 26.6. The van der Waals surface area contributed by atoms with Gasteiger partial charge in [0.05, 0.1) is 0 Å². The third-order valence-electron chi connectivity index (χ3n) is 9.88. The van der Waals surface area contributed by atoms with Crippen LogP contribution in [0.4, 0.5) is 0 Å². The molecule has 0 saturated heterocycles. The lowest BCUT2D eigenvalue weighted by Gasteiger charge is -2.11. The molecule has 232 valence electrons. The number of benzene rings is 8. The Morgan fingerprint density at radius 2 is 0.960 bits per heavy atom. The highest BCUT2D eigenvalue weighted by Gasteiger charge is 2.22. The average Bonchev–Trinajstić information content (AvgIpc) is 3.76. The fraction of sp³-hybridized carbons (Fsp3) is 0. The number of hydrogen-bond donors (Lipinski definition) is 0. The van der Waals surface area contributed by atoms with E-state index >= 15 is 0 Å². The molecule has 0 atom stereocenters. The van der Waals surface area contributed by atoms with Crippen molar-refractivity contribution >= 4 is 76.2 Å². The van der Waals surface area contributed by atoms with Gasteiger partial charge in [-0.25, -0.2) is 15.0 Å². The molecule has 5 nitrogen and oxygen atoms in total. The summed E-state index contributed by atoms with van der Waals surface area (Å²) in [6.07, 6.45) is 0. The van der Waals surface area contributed by atoms with Gasteiger partial charge in [0, 0.05) is 49.0 Å². The second-order valence-corrected chi connectivity index (χ2v) is 12.8. The average molecular weight is 640 g/mol. The lowest BCUT2D eigenvalue weighted by Crippen LogP contribution is -2.00. The zero-order valence-corrected chi connectivity index (χ0v) is 26.6. The minimum absolute atomic E-state index is 0.571. The van der Waals surface area contributed by atoms with Gasteiger partial charge in [0.2, 0.25) is 0 Å². The highest BCUT2D eigenvalue weighted by Crippen LogP contribution is 2.45. The van der Waals surface area contributed by atoms with E-state index in [-0.39, 0.29) is 0 Å². The molecule has 5 heteroatoms. The van der Waals surface area contributed by atoms with Gasteiger partial charge in [0.15, 0.2) is 17.5 Å². The first-order valence-corrected chi connectivity index (χ1v) is 16.7. The van der Waals surface area contributed by atoms with E-state index in [2.05, 4.69) is 97.1 Å².